The summed E-state index contributed by atoms with van der Waals surface area (Å²) in [7, 11) is 0. The average Bonchev–Trinajstić information content (AvgIpc) is 2.35. The monoisotopic (exact) mass is 291 g/mol. The minimum Gasteiger partial charge on any atom is -0.310 e. The lowest BCUT2D eigenvalue weighted by Crippen LogP contribution is -2.23. The topological polar surface area (TPSA) is 12.0 Å². The van der Waals surface area contributed by atoms with E-state index in [1.807, 2.05) is 13.8 Å². The molecule has 1 nitrogen and oxygen atoms in total. The minimum absolute atomic E-state index is 0.0425. The zero-order valence-corrected chi connectivity index (χ0v) is 11.9. The highest BCUT2D eigenvalue weighted by Gasteiger charge is 2.27. The van der Waals surface area contributed by atoms with Crippen LogP contribution in [0, 0.1) is 12.7 Å². The van der Waals surface area contributed by atoms with Crippen LogP contribution in [-0.2, 0) is 0 Å². The van der Waals surface area contributed by atoms with E-state index in [0.717, 1.165) is 17.5 Å². The fourth-order valence-electron chi connectivity index (χ4n) is 2.18. The van der Waals surface area contributed by atoms with Gasteiger partial charge in [-0.3, -0.25) is 0 Å². The van der Waals surface area contributed by atoms with Crippen molar-refractivity contribution in [1.82, 2.24) is 5.32 Å². The van der Waals surface area contributed by atoms with Crippen LogP contribution in [-0.4, -0.2) is 12.7 Å². The molecule has 0 radical (unpaired) electrons. The van der Waals surface area contributed by atoms with Gasteiger partial charge >= 0.3 is 6.18 Å². The Morgan fingerprint density at radius 1 is 1.25 bits per heavy atom. The fourth-order valence-corrected chi connectivity index (χ4v) is 2.18. The van der Waals surface area contributed by atoms with Crippen LogP contribution in [0.25, 0.3) is 0 Å². The second-order valence-electron chi connectivity index (χ2n) is 5.02. The summed E-state index contributed by atoms with van der Waals surface area (Å²) in [6.07, 6.45) is -3.66. The molecular weight excluding hydrogens is 270 g/mol. The maximum atomic E-state index is 13.3. The summed E-state index contributed by atoms with van der Waals surface area (Å²) in [6.45, 7) is 4.53. The molecule has 1 aromatic rings. The van der Waals surface area contributed by atoms with Crippen molar-refractivity contribution in [1.29, 1.82) is 0 Å². The van der Waals surface area contributed by atoms with Gasteiger partial charge in [0.25, 0.3) is 0 Å². The van der Waals surface area contributed by atoms with Crippen LogP contribution in [0.4, 0.5) is 17.6 Å². The molecule has 1 unspecified atom stereocenters. The molecular formula is C15H21F4N. The Hall–Kier alpha value is -1.10. The van der Waals surface area contributed by atoms with Crippen LogP contribution in [0.15, 0.2) is 18.2 Å². The van der Waals surface area contributed by atoms with Crippen molar-refractivity contribution in [2.24, 2.45) is 0 Å². The van der Waals surface area contributed by atoms with Gasteiger partial charge in [0.2, 0.25) is 0 Å². The van der Waals surface area contributed by atoms with Crippen molar-refractivity contribution in [3.63, 3.8) is 0 Å². The number of nitrogens with one attached hydrogen (secondary N) is 1. The van der Waals surface area contributed by atoms with E-state index in [9.17, 15) is 17.6 Å². The normalized spacial score (nSPS) is 13.5. The molecule has 0 spiro atoms. The lowest BCUT2D eigenvalue weighted by Gasteiger charge is -2.21. The number of benzene rings is 1. The minimum atomic E-state index is -4.13. The van der Waals surface area contributed by atoms with Crippen LogP contribution in [0.5, 0.6) is 0 Å². The van der Waals surface area contributed by atoms with Crippen LogP contribution in [0.2, 0.25) is 0 Å². The Bertz CT molecular complexity index is 415. The highest BCUT2D eigenvalue weighted by molar-refractivity contribution is 5.29. The van der Waals surface area contributed by atoms with Gasteiger partial charge in [-0.1, -0.05) is 13.0 Å². The number of aryl methyl sites for hydroxylation is 1. The van der Waals surface area contributed by atoms with E-state index in [1.165, 1.54) is 12.1 Å². The molecule has 0 heterocycles. The van der Waals surface area contributed by atoms with Crippen molar-refractivity contribution < 1.29 is 17.6 Å². The van der Waals surface area contributed by atoms with Gasteiger partial charge in [-0.05, 0) is 56.0 Å². The Morgan fingerprint density at radius 2 is 1.95 bits per heavy atom. The zero-order chi connectivity index (χ0) is 15.2. The van der Waals surface area contributed by atoms with E-state index in [0.29, 0.717) is 13.0 Å². The maximum Gasteiger partial charge on any atom is 0.389 e. The number of halogens is 4. The molecule has 0 fully saturated rings. The second-order valence-corrected chi connectivity index (χ2v) is 5.02. The molecule has 5 heteroatoms. The number of alkyl halides is 3. The van der Waals surface area contributed by atoms with E-state index in [4.69, 9.17) is 0 Å². The third-order valence-electron chi connectivity index (χ3n) is 3.21. The Labute approximate surface area is 117 Å². The summed E-state index contributed by atoms with van der Waals surface area (Å²) < 4.78 is 50.0. The van der Waals surface area contributed by atoms with Crippen molar-refractivity contribution in [3.05, 3.63) is 35.1 Å². The summed E-state index contributed by atoms with van der Waals surface area (Å²) in [6, 6.07) is 4.21. The first-order valence-corrected chi connectivity index (χ1v) is 6.89. The summed E-state index contributed by atoms with van der Waals surface area (Å²) in [4.78, 5) is 0. The first-order chi connectivity index (χ1) is 9.33. The molecule has 114 valence electrons. The van der Waals surface area contributed by atoms with Gasteiger partial charge in [-0.15, -0.1) is 0 Å². The molecule has 0 aliphatic carbocycles. The lowest BCUT2D eigenvalue weighted by atomic mass is 9.96. The molecule has 0 saturated carbocycles. The molecule has 0 saturated heterocycles. The number of hydrogen-bond acceptors (Lipinski definition) is 1. The number of hydrogen-bond donors (Lipinski definition) is 1. The third kappa shape index (κ3) is 5.90. The van der Waals surface area contributed by atoms with Crippen LogP contribution >= 0.6 is 0 Å². The Balaban J connectivity index is 2.75. The van der Waals surface area contributed by atoms with Crippen molar-refractivity contribution in [2.75, 3.05) is 6.54 Å². The molecule has 1 atom stereocenters. The molecule has 0 aliphatic heterocycles. The van der Waals surface area contributed by atoms with E-state index in [1.54, 1.807) is 6.07 Å². The van der Waals surface area contributed by atoms with E-state index in [2.05, 4.69) is 5.32 Å². The zero-order valence-electron chi connectivity index (χ0n) is 11.9. The average molecular weight is 291 g/mol. The summed E-state index contributed by atoms with van der Waals surface area (Å²) in [5.41, 5.74) is 1.65. The third-order valence-corrected chi connectivity index (χ3v) is 3.21. The molecule has 1 aromatic carbocycles. The van der Waals surface area contributed by atoms with Crippen LogP contribution in [0.1, 0.15) is 49.8 Å². The van der Waals surface area contributed by atoms with Crippen LogP contribution in [0.3, 0.4) is 0 Å². The standard InChI is InChI=1S/C15H21F4N/c1-3-9-20-14(5-4-8-15(17,18)19)13-10-12(16)7-6-11(13)2/h6-7,10,14,20H,3-5,8-9H2,1-2H3. The van der Waals surface area contributed by atoms with E-state index >= 15 is 0 Å². The molecule has 0 aliphatic rings. The van der Waals surface area contributed by atoms with Crippen molar-refractivity contribution in [3.8, 4) is 0 Å². The quantitative estimate of drug-likeness (QED) is 0.704. The van der Waals surface area contributed by atoms with Gasteiger partial charge in [-0.25, -0.2) is 4.39 Å². The molecule has 0 bridgehead atoms. The highest BCUT2D eigenvalue weighted by Crippen LogP contribution is 2.28. The van der Waals surface area contributed by atoms with Crippen LogP contribution < -0.4 is 5.32 Å². The SMILES string of the molecule is CCCNC(CCCC(F)(F)F)c1cc(F)ccc1C. The van der Waals surface area contributed by atoms with Gasteiger partial charge in [0, 0.05) is 12.5 Å². The van der Waals surface area contributed by atoms with E-state index < -0.39 is 12.6 Å². The smallest absolute Gasteiger partial charge is 0.310 e. The van der Waals surface area contributed by atoms with Gasteiger partial charge in [-0.2, -0.15) is 13.2 Å². The summed E-state index contributed by atoms with van der Waals surface area (Å²) in [5, 5.41) is 3.21. The first-order valence-electron chi connectivity index (χ1n) is 6.89. The molecule has 1 rings (SSSR count). The van der Waals surface area contributed by atoms with Gasteiger partial charge in [0.1, 0.15) is 5.82 Å². The van der Waals surface area contributed by atoms with Crippen molar-refractivity contribution >= 4 is 0 Å². The molecule has 0 aromatic heterocycles. The lowest BCUT2D eigenvalue weighted by molar-refractivity contribution is -0.135. The number of rotatable bonds is 7. The molecule has 0 amide bonds. The van der Waals surface area contributed by atoms with Crippen molar-refractivity contribution in [2.45, 2.75) is 51.7 Å². The fraction of sp³-hybridized carbons (Fsp3) is 0.600. The predicted molar refractivity (Wildman–Crippen MR) is 72.1 cm³/mol. The predicted octanol–water partition coefficient (Wildman–Crippen LogP) is 4.91. The van der Waals surface area contributed by atoms with Gasteiger partial charge in [0.15, 0.2) is 0 Å². The Morgan fingerprint density at radius 3 is 2.55 bits per heavy atom. The second kappa shape index (κ2) is 7.62. The van der Waals surface area contributed by atoms with E-state index in [-0.39, 0.29) is 18.3 Å². The highest BCUT2D eigenvalue weighted by atomic mass is 19.4. The molecule has 1 N–H and O–H groups in total. The van der Waals surface area contributed by atoms with Gasteiger partial charge < -0.3 is 5.32 Å². The largest absolute Gasteiger partial charge is 0.389 e. The maximum absolute atomic E-state index is 13.3. The molecule has 20 heavy (non-hydrogen) atoms. The first kappa shape index (κ1) is 17.0. The van der Waals surface area contributed by atoms with Gasteiger partial charge in [0.05, 0.1) is 0 Å². The summed E-state index contributed by atoms with van der Waals surface area (Å²) >= 11 is 0. The summed E-state index contributed by atoms with van der Waals surface area (Å²) in [5.74, 6) is -0.357. The Kier molecular flexibility index (Phi) is 6.46.